The maximum Gasteiger partial charge on any atom is 0.321 e. The predicted molar refractivity (Wildman–Crippen MR) is 84.0 cm³/mol. The highest BCUT2D eigenvalue weighted by Gasteiger charge is 2.24. The standard InChI is InChI=1S/C17H24N2O2/c1-19(11-12-5-3-6-12)17(20)18-16-14-8-4-7-13(14)9-10-15(16)21-2/h9-10,12H,3-8,11H2,1-2H3,(H,18,20). The number of hydrogen-bond acceptors (Lipinski definition) is 2. The van der Waals surface area contributed by atoms with Crippen LogP contribution in [0.3, 0.4) is 0 Å². The van der Waals surface area contributed by atoms with Crippen LogP contribution >= 0.6 is 0 Å². The van der Waals surface area contributed by atoms with Crippen LogP contribution in [-0.4, -0.2) is 31.6 Å². The molecule has 0 bridgehead atoms. The van der Waals surface area contributed by atoms with Crippen molar-refractivity contribution in [1.29, 1.82) is 0 Å². The first kappa shape index (κ1) is 14.2. The third-order valence-corrected chi connectivity index (χ3v) is 4.80. The molecule has 1 aromatic carbocycles. The Morgan fingerprint density at radius 2 is 2.14 bits per heavy atom. The average molecular weight is 288 g/mol. The summed E-state index contributed by atoms with van der Waals surface area (Å²) in [6.07, 6.45) is 7.08. The van der Waals surface area contributed by atoms with Gasteiger partial charge in [0, 0.05) is 13.6 Å². The molecule has 2 aliphatic carbocycles. The molecular weight excluding hydrogens is 264 g/mol. The van der Waals surface area contributed by atoms with Crippen molar-refractivity contribution in [3.8, 4) is 5.75 Å². The number of benzene rings is 1. The van der Waals surface area contributed by atoms with Crippen LogP contribution in [0.1, 0.15) is 36.8 Å². The van der Waals surface area contributed by atoms with Crippen molar-refractivity contribution in [3.63, 3.8) is 0 Å². The van der Waals surface area contributed by atoms with E-state index < -0.39 is 0 Å². The Morgan fingerprint density at radius 1 is 1.33 bits per heavy atom. The molecule has 21 heavy (non-hydrogen) atoms. The van der Waals surface area contributed by atoms with E-state index >= 15 is 0 Å². The zero-order valence-electron chi connectivity index (χ0n) is 12.9. The molecule has 0 aromatic heterocycles. The number of urea groups is 1. The Morgan fingerprint density at radius 3 is 2.81 bits per heavy atom. The summed E-state index contributed by atoms with van der Waals surface area (Å²) < 4.78 is 5.43. The SMILES string of the molecule is COc1ccc2c(c1NC(=O)N(C)CC1CCC1)CCC2. The van der Waals surface area contributed by atoms with Crippen molar-refractivity contribution in [1.82, 2.24) is 4.90 Å². The monoisotopic (exact) mass is 288 g/mol. The fourth-order valence-corrected chi connectivity index (χ4v) is 3.30. The van der Waals surface area contributed by atoms with Crippen molar-refractivity contribution in [2.24, 2.45) is 5.92 Å². The summed E-state index contributed by atoms with van der Waals surface area (Å²) in [5.41, 5.74) is 3.46. The van der Waals surface area contributed by atoms with Crippen LogP contribution in [-0.2, 0) is 12.8 Å². The second-order valence-electron chi connectivity index (χ2n) is 6.24. The summed E-state index contributed by atoms with van der Waals surface area (Å²) in [5.74, 6) is 1.45. The first-order valence-corrected chi connectivity index (χ1v) is 7.90. The zero-order valence-corrected chi connectivity index (χ0v) is 12.9. The van der Waals surface area contributed by atoms with Crippen LogP contribution < -0.4 is 10.1 Å². The van der Waals surface area contributed by atoms with Crippen LogP contribution in [0.5, 0.6) is 5.75 Å². The highest BCUT2D eigenvalue weighted by Crippen LogP contribution is 2.36. The lowest BCUT2D eigenvalue weighted by molar-refractivity contribution is 0.194. The molecule has 1 fully saturated rings. The van der Waals surface area contributed by atoms with E-state index in [1.165, 1.54) is 30.4 Å². The van der Waals surface area contributed by atoms with Gasteiger partial charge in [0.05, 0.1) is 12.8 Å². The van der Waals surface area contributed by atoms with Crippen LogP contribution in [0.25, 0.3) is 0 Å². The van der Waals surface area contributed by atoms with Gasteiger partial charge in [-0.1, -0.05) is 12.5 Å². The molecule has 0 saturated heterocycles. The molecule has 0 atom stereocenters. The lowest BCUT2D eigenvalue weighted by atomic mass is 9.85. The quantitative estimate of drug-likeness (QED) is 0.922. The lowest BCUT2D eigenvalue weighted by Gasteiger charge is -2.30. The van der Waals surface area contributed by atoms with Crippen molar-refractivity contribution in [2.45, 2.75) is 38.5 Å². The topological polar surface area (TPSA) is 41.6 Å². The second-order valence-corrected chi connectivity index (χ2v) is 6.24. The number of hydrogen-bond donors (Lipinski definition) is 1. The largest absolute Gasteiger partial charge is 0.495 e. The van der Waals surface area contributed by atoms with Crippen molar-refractivity contribution in [3.05, 3.63) is 23.3 Å². The van der Waals surface area contributed by atoms with Gasteiger partial charge in [0.1, 0.15) is 5.75 Å². The molecule has 1 N–H and O–H groups in total. The Hall–Kier alpha value is -1.71. The van der Waals surface area contributed by atoms with Crippen LogP contribution in [0.4, 0.5) is 10.5 Å². The minimum atomic E-state index is -0.0273. The molecule has 0 unspecified atom stereocenters. The molecule has 4 heteroatoms. The van der Waals surface area contributed by atoms with Crippen molar-refractivity contribution >= 4 is 11.7 Å². The fraction of sp³-hybridized carbons (Fsp3) is 0.588. The number of carbonyl (C=O) groups excluding carboxylic acids is 1. The molecule has 1 aromatic rings. The number of methoxy groups -OCH3 is 1. The minimum Gasteiger partial charge on any atom is -0.495 e. The molecule has 114 valence electrons. The van der Waals surface area contributed by atoms with Crippen LogP contribution in [0.2, 0.25) is 0 Å². The Bertz CT molecular complexity index is 538. The van der Waals surface area contributed by atoms with E-state index in [2.05, 4.69) is 11.4 Å². The number of fused-ring (bicyclic) bond motifs is 1. The zero-order chi connectivity index (χ0) is 14.8. The number of nitrogens with one attached hydrogen (secondary N) is 1. The van der Waals surface area contributed by atoms with E-state index in [1.54, 1.807) is 12.0 Å². The first-order valence-electron chi connectivity index (χ1n) is 7.90. The summed E-state index contributed by atoms with van der Waals surface area (Å²) in [6.45, 7) is 0.850. The van der Waals surface area contributed by atoms with Gasteiger partial charge in [-0.05, 0) is 55.2 Å². The third kappa shape index (κ3) is 2.85. The van der Waals surface area contributed by atoms with Gasteiger partial charge in [-0.25, -0.2) is 4.79 Å². The number of nitrogens with zero attached hydrogens (tertiary/aromatic N) is 1. The van der Waals surface area contributed by atoms with Crippen molar-refractivity contribution < 1.29 is 9.53 Å². The van der Waals surface area contributed by atoms with E-state index in [9.17, 15) is 4.79 Å². The Kier molecular flexibility index (Phi) is 4.04. The number of carbonyl (C=O) groups is 1. The van der Waals surface area contributed by atoms with Gasteiger partial charge >= 0.3 is 6.03 Å². The molecule has 2 amide bonds. The van der Waals surface area contributed by atoms with Gasteiger partial charge < -0.3 is 15.0 Å². The fourth-order valence-electron chi connectivity index (χ4n) is 3.30. The number of aryl methyl sites for hydroxylation is 1. The first-order chi connectivity index (χ1) is 10.2. The maximum atomic E-state index is 12.4. The molecule has 3 rings (SSSR count). The number of rotatable bonds is 4. The van der Waals surface area contributed by atoms with Gasteiger partial charge in [0.25, 0.3) is 0 Å². The van der Waals surface area contributed by atoms with Gasteiger partial charge in [0.2, 0.25) is 0 Å². The summed E-state index contributed by atoms with van der Waals surface area (Å²) in [5, 5.41) is 3.08. The van der Waals surface area contributed by atoms with E-state index in [-0.39, 0.29) is 6.03 Å². The van der Waals surface area contributed by atoms with Crippen LogP contribution in [0.15, 0.2) is 12.1 Å². The van der Waals surface area contributed by atoms with Gasteiger partial charge in [-0.15, -0.1) is 0 Å². The van der Waals surface area contributed by atoms with E-state index in [4.69, 9.17) is 4.74 Å². The molecule has 0 spiro atoms. The summed E-state index contributed by atoms with van der Waals surface area (Å²) in [7, 11) is 3.54. The number of ether oxygens (including phenoxy) is 1. The highest BCUT2D eigenvalue weighted by molar-refractivity contribution is 5.92. The van der Waals surface area contributed by atoms with Crippen molar-refractivity contribution in [2.75, 3.05) is 26.0 Å². The number of anilines is 1. The molecule has 4 nitrogen and oxygen atoms in total. The average Bonchev–Trinajstić information content (AvgIpc) is 2.91. The Balaban J connectivity index is 1.74. The van der Waals surface area contributed by atoms with Gasteiger partial charge in [-0.3, -0.25) is 0 Å². The minimum absolute atomic E-state index is 0.0273. The summed E-state index contributed by atoms with van der Waals surface area (Å²) in [6, 6.07) is 4.06. The highest BCUT2D eigenvalue weighted by atomic mass is 16.5. The maximum absolute atomic E-state index is 12.4. The second kappa shape index (κ2) is 5.96. The summed E-state index contributed by atoms with van der Waals surface area (Å²) in [4.78, 5) is 14.2. The molecule has 1 saturated carbocycles. The molecule has 0 radical (unpaired) electrons. The molecular formula is C17H24N2O2. The molecule has 0 aliphatic heterocycles. The third-order valence-electron chi connectivity index (χ3n) is 4.80. The molecule has 0 heterocycles. The van der Waals surface area contributed by atoms with Gasteiger partial charge in [0.15, 0.2) is 0 Å². The van der Waals surface area contributed by atoms with E-state index in [0.29, 0.717) is 5.92 Å². The summed E-state index contributed by atoms with van der Waals surface area (Å²) >= 11 is 0. The van der Waals surface area contributed by atoms with Gasteiger partial charge in [-0.2, -0.15) is 0 Å². The Labute approximate surface area is 126 Å². The molecule has 2 aliphatic rings. The normalized spacial score (nSPS) is 17.0. The van der Waals surface area contributed by atoms with E-state index in [1.807, 2.05) is 13.1 Å². The number of amides is 2. The van der Waals surface area contributed by atoms with E-state index in [0.717, 1.165) is 37.2 Å². The van der Waals surface area contributed by atoms with Crippen LogP contribution in [0, 0.1) is 5.92 Å². The smallest absolute Gasteiger partial charge is 0.321 e. The predicted octanol–water partition coefficient (Wildman–Crippen LogP) is 3.45. The lowest BCUT2D eigenvalue weighted by Crippen LogP contribution is -2.37.